The quantitative estimate of drug-likeness (QED) is 0.306. The van der Waals surface area contributed by atoms with Crippen molar-refractivity contribution in [1.29, 1.82) is 0 Å². The number of hydrogen-bond donors (Lipinski definition) is 0. The van der Waals surface area contributed by atoms with Gasteiger partial charge in [-0.3, -0.25) is 0 Å². The molecule has 26 heavy (non-hydrogen) atoms. The van der Waals surface area contributed by atoms with Gasteiger partial charge in [-0.25, -0.2) is 8.42 Å². The fraction of sp³-hybridized carbons (Fsp3) is 0.533. The topological polar surface area (TPSA) is 75.7 Å². The fourth-order valence-corrected chi connectivity index (χ4v) is 4.13. The molecule has 148 valence electrons. The zero-order valence-electron chi connectivity index (χ0n) is 14.7. The second-order valence-corrected chi connectivity index (χ2v) is 13.6. The third-order valence-electron chi connectivity index (χ3n) is 2.89. The van der Waals surface area contributed by atoms with Crippen LogP contribution in [-0.4, -0.2) is 38.3 Å². The molecule has 11 heteroatoms. The van der Waals surface area contributed by atoms with Crippen LogP contribution in [-0.2, 0) is 19.3 Å². The molecule has 1 aromatic carbocycles. The average molecular weight is 431 g/mol. The Morgan fingerprint density at radius 3 is 2.19 bits per heavy atom. The van der Waals surface area contributed by atoms with Gasteiger partial charge < -0.3 is 8.98 Å². The van der Waals surface area contributed by atoms with Crippen LogP contribution in [0.1, 0.15) is 13.3 Å². The van der Waals surface area contributed by atoms with Gasteiger partial charge in [0.05, 0.1) is 0 Å². The number of thioether (sulfide) groups is 1. The molecule has 0 aliphatic carbocycles. The van der Waals surface area contributed by atoms with Gasteiger partial charge in [-0.1, -0.05) is 18.2 Å². The van der Waals surface area contributed by atoms with Crippen LogP contribution >= 0.6 is 11.8 Å². The molecule has 1 fully saturated rings. The highest BCUT2D eigenvalue weighted by atomic mass is 32.2. The van der Waals surface area contributed by atoms with Crippen molar-refractivity contribution in [3.63, 3.8) is 0 Å². The Hall–Kier alpha value is -0.723. The first kappa shape index (κ1) is 23.3. The molecule has 0 amide bonds. The van der Waals surface area contributed by atoms with Crippen LogP contribution in [0.5, 0.6) is 0 Å². The number of ether oxygens (including phenoxy) is 1. The van der Waals surface area contributed by atoms with Crippen molar-refractivity contribution in [2.45, 2.75) is 54.9 Å². The molecule has 5 nitrogen and oxygen atoms in total. The van der Waals surface area contributed by atoms with Crippen LogP contribution in [0.2, 0.25) is 19.6 Å². The summed E-state index contributed by atoms with van der Waals surface area (Å²) in [4.78, 5) is 1.28. The van der Waals surface area contributed by atoms with Crippen LogP contribution in [0, 0.1) is 6.10 Å². The maximum atomic E-state index is 10.7. The first-order valence-electron chi connectivity index (χ1n) is 7.60. The Morgan fingerprint density at radius 2 is 1.77 bits per heavy atom. The van der Waals surface area contributed by atoms with E-state index in [0.717, 1.165) is 12.5 Å². The van der Waals surface area contributed by atoms with E-state index in [0.29, 0.717) is 5.25 Å². The van der Waals surface area contributed by atoms with E-state index in [9.17, 15) is 13.2 Å². The Morgan fingerprint density at radius 1 is 1.27 bits per heavy atom. The lowest BCUT2D eigenvalue weighted by molar-refractivity contribution is -0.0518. The summed E-state index contributed by atoms with van der Waals surface area (Å²) in [5.41, 5.74) is -5.65. The fourth-order valence-electron chi connectivity index (χ4n) is 1.92. The molecular weight excluding hydrogens is 409 g/mol. The molecule has 0 aromatic heterocycles. The van der Waals surface area contributed by atoms with Crippen molar-refractivity contribution in [3.05, 3.63) is 36.4 Å². The van der Waals surface area contributed by atoms with Crippen molar-refractivity contribution >= 4 is 30.2 Å². The van der Waals surface area contributed by atoms with Gasteiger partial charge in [0.1, 0.15) is 18.6 Å². The van der Waals surface area contributed by atoms with Crippen molar-refractivity contribution in [3.8, 4) is 0 Å². The Labute approximate surface area is 157 Å². The highest BCUT2D eigenvalue weighted by Gasteiger charge is 2.45. The highest BCUT2D eigenvalue weighted by molar-refractivity contribution is 8.00. The Kier molecular flexibility index (Phi) is 8.05. The standard InChI is InChI=1S/C14H21O2SSi.CHF3O3S/c1-11-10-13(14(15-11)16-18(2,3)4)17-12-8-6-5-7-9-12;2-1(3,4)8(5,6)7/h5-9,13-14H,10H2,1-4H3;(H,5,6,7)/q+1;/p-1. The van der Waals surface area contributed by atoms with E-state index in [1.165, 1.54) is 4.90 Å². The van der Waals surface area contributed by atoms with Crippen LogP contribution < -0.4 is 0 Å². The average Bonchev–Trinajstić information content (AvgIpc) is 2.76. The van der Waals surface area contributed by atoms with Crippen LogP contribution in [0.15, 0.2) is 35.2 Å². The first-order chi connectivity index (χ1) is 11.7. The van der Waals surface area contributed by atoms with E-state index >= 15 is 0 Å². The number of halogens is 3. The van der Waals surface area contributed by atoms with Gasteiger partial charge >= 0.3 is 5.51 Å². The van der Waals surface area contributed by atoms with Gasteiger partial charge in [-0.15, -0.1) is 11.8 Å². The monoisotopic (exact) mass is 430 g/mol. The number of alkyl halides is 3. The third-order valence-corrected chi connectivity index (χ3v) is 5.64. The molecule has 1 heterocycles. The van der Waals surface area contributed by atoms with E-state index in [1.807, 2.05) is 24.8 Å². The van der Waals surface area contributed by atoms with E-state index < -0.39 is 23.9 Å². The lowest BCUT2D eigenvalue weighted by Gasteiger charge is -2.23. The van der Waals surface area contributed by atoms with Crippen LogP contribution in [0.25, 0.3) is 0 Å². The Bertz CT molecular complexity index is 662. The summed E-state index contributed by atoms with van der Waals surface area (Å²) < 4.78 is 70.9. The van der Waals surface area contributed by atoms with Crippen molar-refractivity contribution < 1.29 is 35.3 Å². The smallest absolute Gasteiger partial charge is 0.485 e. The normalized spacial score (nSPS) is 21.3. The van der Waals surface area contributed by atoms with E-state index in [4.69, 9.17) is 22.1 Å². The molecule has 0 spiro atoms. The van der Waals surface area contributed by atoms with Gasteiger partial charge in [-0.05, 0) is 31.8 Å². The maximum absolute atomic E-state index is 10.7. The first-order valence-corrected chi connectivity index (χ1v) is 13.3. The number of rotatable bonds is 4. The summed E-state index contributed by atoms with van der Waals surface area (Å²) >= 11 is 1.86. The molecule has 0 radical (unpaired) electrons. The minimum atomic E-state index is -6.09. The molecule has 1 aliphatic heterocycles. The van der Waals surface area contributed by atoms with E-state index in [1.54, 1.807) is 0 Å². The van der Waals surface area contributed by atoms with Gasteiger partial charge in [0.25, 0.3) is 0 Å². The summed E-state index contributed by atoms with van der Waals surface area (Å²) in [7, 11) is -7.65. The van der Waals surface area contributed by atoms with Crippen LogP contribution in [0.4, 0.5) is 13.2 Å². The zero-order chi connectivity index (χ0) is 20.2. The number of hydrogen-bond acceptors (Lipinski definition) is 6. The SMILES string of the molecule is C[C+]1CC(Sc2ccccc2)C(O[Si](C)(C)C)O1.O=S(=O)([O-])C(F)(F)F. The predicted octanol–water partition coefficient (Wildman–Crippen LogP) is 4.35. The zero-order valence-corrected chi connectivity index (χ0v) is 17.4. The van der Waals surface area contributed by atoms with Gasteiger partial charge in [-0.2, -0.15) is 17.9 Å². The summed E-state index contributed by atoms with van der Waals surface area (Å²) in [5.74, 6) is 0. The molecule has 2 unspecified atom stereocenters. The van der Waals surface area contributed by atoms with Crippen LogP contribution in [0.3, 0.4) is 0 Å². The molecule has 1 saturated heterocycles. The molecule has 2 atom stereocenters. The Balaban J connectivity index is 0.000000359. The van der Waals surface area contributed by atoms with E-state index in [2.05, 4.69) is 43.9 Å². The largest absolute Gasteiger partial charge is 0.741 e. The minimum Gasteiger partial charge on any atom is -0.741 e. The molecule has 0 N–H and O–H groups in total. The molecule has 2 rings (SSSR count). The maximum Gasteiger partial charge on any atom is 0.485 e. The summed E-state index contributed by atoms with van der Waals surface area (Å²) in [5, 5.41) is 0.374. The number of benzene rings is 1. The van der Waals surface area contributed by atoms with Gasteiger partial charge in [0.15, 0.2) is 18.4 Å². The van der Waals surface area contributed by atoms with Gasteiger partial charge in [0.2, 0.25) is 12.4 Å². The minimum absolute atomic E-state index is 0.0816. The van der Waals surface area contributed by atoms with E-state index in [-0.39, 0.29) is 6.29 Å². The van der Waals surface area contributed by atoms with Crippen molar-refractivity contribution in [1.82, 2.24) is 0 Å². The third kappa shape index (κ3) is 8.31. The molecule has 1 aromatic rings. The molecular formula is C15H21F3O5S2Si. The van der Waals surface area contributed by atoms with Crippen molar-refractivity contribution in [2.24, 2.45) is 0 Å². The second-order valence-electron chi connectivity index (χ2n) is 6.49. The lowest BCUT2D eigenvalue weighted by atomic mass is 10.2. The molecule has 0 saturated carbocycles. The van der Waals surface area contributed by atoms with Crippen molar-refractivity contribution in [2.75, 3.05) is 0 Å². The molecule has 1 aliphatic rings. The highest BCUT2D eigenvalue weighted by Crippen LogP contribution is 2.39. The lowest BCUT2D eigenvalue weighted by Crippen LogP contribution is -2.35. The van der Waals surface area contributed by atoms with Gasteiger partial charge in [0, 0.05) is 4.90 Å². The predicted molar refractivity (Wildman–Crippen MR) is 94.7 cm³/mol. The summed E-state index contributed by atoms with van der Waals surface area (Å²) in [6.07, 6.45) is 1.99. The molecule has 0 bridgehead atoms. The summed E-state index contributed by atoms with van der Waals surface area (Å²) in [6, 6.07) is 10.5. The second kappa shape index (κ2) is 8.98. The summed E-state index contributed by atoms with van der Waals surface area (Å²) in [6.45, 7) is 8.66.